The predicted octanol–water partition coefficient (Wildman–Crippen LogP) is 4.75. The monoisotopic (exact) mass is 323 g/mol. The third-order valence-corrected chi connectivity index (χ3v) is 6.44. The van der Waals surface area contributed by atoms with E-state index >= 15 is 0 Å². The molecular weight excluding hydrogens is 302 g/mol. The van der Waals surface area contributed by atoms with Crippen LogP contribution in [0, 0.1) is 0 Å². The topological polar surface area (TPSA) is 20.5 Å². The molecule has 2 fully saturated rings. The first-order valence-electron chi connectivity index (χ1n) is 8.66. The van der Waals surface area contributed by atoms with E-state index in [0.29, 0.717) is 6.04 Å². The highest BCUT2D eigenvalue weighted by atomic mass is 32.1. The molecule has 1 aliphatic carbocycles. The SMILES string of the molecule is c1csc(-c2ccc3c([C@@H]4CCCN4C4CCC4)ncn3c2)c1. The van der Waals surface area contributed by atoms with Gasteiger partial charge in [0.1, 0.15) is 0 Å². The number of rotatable bonds is 3. The lowest BCUT2D eigenvalue weighted by atomic mass is 9.90. The van der Waals surface area contributed by atoms with E-state index in [1.165, 1.54) is 60.3 Å². The highest BCUT2D eigenvalue weighted by Crippen LogP contribution is 2.40. The molecule has 1 atom stereocenters. The lowest BCUT2D eigenvalue weighted by molar-refractivity contribution is 0.113. The molecule has 3 nitrogen and oxygen atoms in total. The molecule has 3 aromatic rings. The van der Waals surface area contributed by atoms with Crippen molar-refractivity contribution >= 4 is 16.9 Å². The number of hydrogen-bond donors (Lipinski definition) is 0. The van der Waals surface area contributed by atoms with Crippen LogP contribution in [0.4, 0.5) is 0 Å². The van der Waals surface area contributed by atoms with Crippen molar-refractivity contribution < 1.29 is 0 Å². The zero-order valence-electron chi connectivity index (χ0n) is 13.2. The van der Waals surface area contributed by atoms with Gasteiger partial charge >= 0.3 is 0 Å². The molecule has 0 N–H and O–H groups in total. The minimum Gasteiger partial charge on any atom is -0.305 e. The zero-order chi connectivity index (χ0) is 15.2. The van der Waals surface area contributed by atoms with Crippen LogP contribution in [-0.2, 0) is 0 Å². The lowest BCUT2D eigenvalue weighted by Gasteiger charge is -2.38. The highest BCUT2D eigenvalue weighted by molar-refractivity contribution is 7.13. The van der Waals surface area contributed by atoms with Crippen LogP contribution in [0.5, 0.6) is 0 Å². The molecule has 4 heterocycles. The Balaban J connectivity index is 1.52. The molecule has 23 heavy (non-hydrogen) atoms. The van der Waals surface area contributed by atoms with Crippen molar-refractivity contribution in [3.8, 4) is 10.4 Å². The van der Waals surface area contributed by atoms with Crippen molar-refractivity contribution in [1.29, 1.82) is 0 Å². The molecular formula is C19H21N3S. The lowest BCUT2D eigenvalue weighted by Crippen LogP contribution is -2.39. The molecule has 5 rings (SSSR count). The predicted molar refractivity (Wildman–Crippen MR) is 94.8 cm³/mol. The van der Waals surface area contributed by atoms with Gasteiger partial charge in [-0.05, 0) is 55.8 Å². The van der Waals surface area contributed by atoms with Gasteiger partial charge in [0.25, 0.3) is 0 Å². The summed E-state index contributed by atoms with van der Waals surface area (Å²) in [6, 6.07) is 10.1. The van der Waals surface area contributed by atoms with Crippen molar-refractivity contribution in [3.63, 3.8) is 0 Å². The maximum atomic E-state index is 4.82. The van der Waals surface area contributed by atoms with E-state index < -0.39 is 0 Å². The normalized spacial score (nSPS) is 22.7. The van der Waals surface area contributed by atoms with E-state index in [4.69, 9.17) is 4.98 Å². The smallest absolute Gasteiger partial charge is 0.0996 e. The van der Waals surface area contributed by atoms with Gasteiger partial charge in [-0.2, -0.15) is 0 Å². The summed E-state index contributed by atoms with van der Waals surface area (Å²) in [4.78, 5) is 8.86. The fourth-order valence-corrected chi connectivity index (χ4v) is 4.82. The molecule has 0 bridgehead atoms. The fourth-order valence-electron chi connectivity index (χ4n) is 4.10. The molecule has 0 aromatic carbocycles. The fraction of sp³-hybridized carbons (Fsp3) is 0.421. The third-order valence-electron chi connectivity index (χ3n) is 5.52. The number of likely N-dealkylation sites (tertiary alicyclic amines) is 1. The van der Waals surface area contributed by atoms with Crippen LogP contribution < -0.4 is 0 Å². The number of thiophene rings is 1. The molecule has 4 heteroatoms. The van der Waals surface area contributed by atoms with Crippen LogP contribution in [0.15, 0.2) is 42.2 Å². The molecule has 2 aliphatic rings. The van der Waals surface area contributed by atoms with Gasteiger partial charge in [0.2, 0.25) is 0 Å². The van der Waals surface area contributed by atoms with Crippen LogP contribution in [-0.4, -0.2) is 26.9 Å². The average molecular weight is 323 g/mol. The first-order chi connectivity index (χ1) is 11.4. The van der Waals surface area contributed by atoms with E-state index in [-0.39, 0.29) is 0 Å². The van der Waals surface area contributed by atoms with E-state index in [1.807, 2.05) is 6.33 Å². The first kappa shape index (κ1) is 13.8. The largest absolute Gasteiger partial charge is 0.305 e. The Hall–Kier alpha value is -1.65. The minimum absolute atomic E-state index is 0.526. The summed E-state index contributed by atoms with van der Waals surface area (Å²) < 4.78 is 2.21. The Labute approximate surface area is 140 Å². The van der Waals surface area contributed by atoms with E-state index in [2.05, 4.69) is 45.1 Å². The molecule has 0 unspecified atom stereocenters. The summed E-state index contributed by atoms with van der Waals surface area (Å²) in [5.41, 5.74) is 3.84. The molecule has 118 valence electrons. The van der Waals surface area contributed by atoms with Crippen LogP contribution in [0.2, 0.25) is 0 Å². The van der Waals surface area contributed by atoms with E-state index in [1.54, 1.807) is 11.3 Å². The number of hydrogen-bond acceptors (Lipinski definition) is 3. The molecule has 1 aliphatic heterocycles. The summed E-state index contributed by atoms with van der Waals surface area (Å²) in [6.45, 7) is 1.25. The Morgan fingerprint density at radius 3 is 2.83 bits per heavy atom. The molecule has 1 saturated carbocycles. The van der Waals surface area contributed by atoms with Gasteiger partial charge in [-0.15, -0.1) is 11.3 Å². The number of pyridine rings is 1. The second kappa shape index (κ2) is 5.46. The van der Waals surface area contributed by atoms with Crippen molar-refractivity contribution in [3.05, 3.63) is 47.9 Å². The van der Waals surface area contributed by atoms with E-state index in [9.17, 15) is 0 Å². The number of aromatic nitrogens is 2. The van der Waals surface area contributed by atoms with Crippen LogP contribution in [0.3, 0.4) is 0 Å². The quantitative estimate of drug-likeness (QED) is 0.693. The number of nitrogens with zero attached hydrogens (tertiary/aromatic N) is 3. The average Bonchev–Trinajstić information content (AvgIpc) is 3.25. The maximum absolute atomic E-state index is 4.82. The summed E-state index contributed by atoms with van der Waals surface area (Å²) in [5, 5.41) is 2.13. The summed E-state index contributed by atoms with van der Waals surface area (Å²) >= 11 is 1.79. The second-order valence-corrected chi connectivity index (χ2v) is 7.75. The van der Waals surface area contributed by atoms with Gasteiger partial charge in [-0.3, -0.25) is 4.90 Å². The van der Waals surface area contributed by atoms with Gasteiger partial charge in [0.15, 0.2) is 0 Å². The molecule has 0 radical (unpaired) electrons. The molecule has 0 spiro atoms. The molecule has 3 aromatic heterocycles. The zero-order valence-corrected chi connectivity index (χ0v) is 14.0. The van der Waals surface area contributed by atoms with Gasteiger partial charge < -0.3 is 4.40 Å². The molecule has 1 saturated heterocycles. The Morgan fingerprint density at radius 1 is 1.09 bits per heavy atom. The van der Waals surface area contributed by atoms with Crippen LogP contribution in [0.1, 0.15) is 43.8 Å². The Morgan fingerprint density at radius 2 is 2.04 bits per heavy atom. The van der Waals surface area contributed by atoms with Crippen molar-refractivity contribution in [2.45, 2.75) is 44.2 Å². The van der Waals surface area contributed by atoms with Crippen LogP contribution in [0.25, 0.3) is 16.0 Å². The van der Waals surface area contributed by atoms with Gasteiger partial charge in [-0.1, -0.05) is 12.5 Å². The highest BCUT2D eigenvalue weighted by Gasteiger charge is 2.36. The van der Waals surface area contributed by atoms with E-state index in [0.717, 1.165) is 6.04 Å². The Bertz CT molecular complexity index is 816. The molecule has 0 amide bonds. The first-order valence-corrected chi connectivity index (χ1v) is 9.54. The summed E-state index contributed by atoms with van der Waals surface area (Å²) in [5.74, 6) is 0. The maximum Gasteiger partial charge on any atom is 0.0996 e. The van der Waals surface area contributed by atoms with Crippen molar-refractivity contribution in [2.24, 2.45) is 0 Å². The number of imidazole rings is 1. The van der Waals surface area contributed by atoms with Crippen molar-refractivity contribution in [2.75, 3.05) is 6.54 Å². The summed E-state index contributed by atoms with van der Waals surface area (Å²) in [7, 11) is 0. The van der Waals surface area contributed by atoms with Crippen molar-refractivity contribution in [1.82, 2.24) is 14.3 Å². The van der Waals surface area contributed by atoms with Gasteiger partial charge in [0.05, 0.1) is 23.6 Å². The second-order valence-electron chi connectivity index (χ2n) is 6.80. The minimum atomic E-state index is 0.526. The van der Waals surface area contributed by atoms with Gasteiger partial charge in [-0.25, -0.2) is 4.98 Å². The van der Waals surface area contributed by atoms with Gasteiger partial charge in [0, 0.05) is 22.7 Å². The summed E-state index contributed by atoms with van der Waals surface area (Å²) in [6.07, 6.45) is 11.0. The standard InChI is InChI=1S/C19H21N3S/c1-4-15(5-1)22-10-2-6-17(22)19-16-9-8-14(12-21(16)13-20-19)18-7-3-11-23-18/h3,7-9,11-13,15,17H,1-2,4-6,10H2/t17-/m0/s1. The third kappa shape index (κ3) is 2.24. The van der Waals surface area contributed by atoms with Crippen LogP contribution >= 0.6 is 11.3 Å². The number of fused-ring (bicyclic) bond motifs is 1. The Kier molecular flexibility index (Phi) is 3.27.